The number of aromatic nitrogens is 3. The predicted molar refractivity (Wildman–Crippen MR) is 280 cm³/mol. The van der Waals surface area contributed by atoms with E-state index in [1.165, 1.54) is 18.3 Å². The summed E-state index contributed by atoms with van der Waals surface area (Å²) in [5, 5.41) is 12.4. The molecule has 0 spiro atoms. The maximum absolute atomic E-state index is 12.4. The summed E-state index contributed by atoms with van der Waals surface area (Å²) in [6, 6.07) is 28.8. The van der Waals surface area contributed by atoms with Gasteiger partial charge in [-0.1, -0.05) is 187 Å². The SMILES string of the molecule is [2H]c1c([2H])c(C(C([2H])([2H])[2H])(C([2H])([2H])[2H])C([2H])([2H])[2H])c([2H])c([2H])c1-c1ccnc(-c2[c-]c(-c3cccc4c3nc(-c3cc(C([2H])(C)C)cc(C([2H])(C)C)c3O)n4-c3ccc(-c4c(C([2H])(C)C)cccc4C([2H])(C)C)cc3)cc(C(C)(C)C)c2)c1.[Pt]. The Bertz CT molecular complexity index is 3750. The van der Waals surface area contributed by atoms with Crippen molar-refractivity contribution in [2.24, 2.45) is 0 Å². The number of rotatable bonds is 10. The second-order valence-corrected chi connectivity index (χ2v) is 19.0. The van der Waals surface area contributed by atoms with Crippen LogP contribution in [0.15, 0.2) is 127 Å². The molecule has 0 fully saturated rings. The number of hydrogen-bond acceptors (Lipinski definition) is 3. The van der Waals surface area contributed by atoms with Gasteiger partial charge in [-0.05, 0) is 115 Å². The van der Waals surface area contributed by atoms with Gasteiger partial charge in [0, 0.05) is 56.5 Å². The molecule has 2 heterocycles. The summed E-state index contributed by atoms with van der Waals surface area (Å²) in [7, 11) is 0. The Hall–Kier alpha value is -5.57. The number of aromatic hydroxyl groups is 1. The fourth-order valence-corrected chi connectivity index (χ4v) is 8.37. The molecule has 0 aliphatic carbocycles. The average molecular weight is 1080 g/mol. The maximum atomic E-state index is 12.4. The number of benzene rings is 6. The molecule has 0 aliphatic heterocycles. The fraction of sp³-hybridized carbons (Fsp3) is 0.323. The van der Waals surface area contributed by atoms with Crippen LogP contribution in [0.1, 0.15) is 177 Å². The Morgan fingerprint density at radius 2 is 1.25 bits per heavy atom. The first-order chi connectivity index (χ1) is 37.8. The molecular weight excluding hydrogens is 998 g/mol. The number of hydrogen-bond donors (Lipinski definition) is 1. The van der Waals surface area contributed by atoms with E-state index >= 15 is 0 Å². The largest absolute Gasteiger partial charge is 0.507 e. The molecule has 0 saturated heterocycles. The molecule has 4 nitrogen and oxygen atoms in total. The summed E-state index contributed by atoms with van der Waals surface area (Å²) in [6.45, 7) is 8.62. The summed E-state index contributed by atoms with van der Waals surface area (Å²) in [6.07, 6.45) is 1.38. The van der Waals surface area contributed by atoms with Gasteiger partial charge in [-0.25, -0.2) is 4.98 Å². The van der Waals surface area contributed by atoms with E-state index in [4.69, 9.17) is 28.3 Å². The third-order valence-electron chi connectivity index (χ3n) is 12.1. The zero-order chi connectivity index (χ0) is 62.1. The van der Waals surface area contributed by atoms with Crippen molar-refractivity contribution in [3.8, 4) is 67.5 Å². The predicted octanol–water partition coefficient (Wildman–Crippen LogP) is 17.3. The van der Waals surface area contributed by atoms with Crippen LogP contribution in [0.5, 0.6) is 5.75 Å². The zero-order valence-electron chi connectivity index (χ0n) is 56.9. The van der Waals surface area contributed by atoms with Gasteiger partial charge in [0.1, 0.15) is 11.6 Å². The minimum Gasteiger partial charge on any atom is -0.507 e. The van der Waals surface area contributed by atoms with Crippen LogP contribution < -0.4 is 0 Å². The van der Waals surface area contributed by atoms with Crippen LogP contribution in [0.3, 0.4) is 0 Å². The second kappa shape index (κ2) is 19.2. The number of pyridine rings is 1. The van der Waals surface area contributed by atoms with E-state index in [-0.39, 0.29) is 49.2 Å². The van der Waals surface area contributed by atoms with Gasteiger partial charge in [0.2, 0.25) is 0 Å². The van der Waals surface area contributed by atoms with Gasteiger partial charge in [-0.3, -0.25) is 9.55 Å². The molecule has 0 unspecified atom stereocenters. The summed E-state index contributed by atoms with van der Waals surface area (Å²) >= 11 is 0. The number of phenols is 1. The molecule has 0 saturated carbocycles. The molecule has 0 bridgehead atoms. The number of phenolic OH excluding ortho intramolecular Hbond substituents is 1. The molecule has 8 rings (SSSR count). The third kappa shape index (κ3) is 9.89. The Morgan fingerprint density at radius 3 is 1.85 bits per heavy atom. The van der Waals surface area contributed by atoms with Gasteiger partial charge in [-0.15, -0.1) is 29.3 Å². The van der Waals surface area contributed by atoms with Gasteiger partial charge >= 0.3 is 0 Å². The van der Waals surface area contributed by atoms with Crippen molar-refractivity contribution >= 4 is 11.0 Å². The topological polar surface area (TPSA) is 50.9 Å². The Morgan fingerprint density at radius 1 is 0.627 bits per heavy atom. The number of imidazole rings is 1. The molecule has 5 heteroatoms. The van der Waals surface area contributed by atoms with E-state index in [2.05, 4.69) is 11.1 Å². The van der Waals surface area contributed by atoms with E-state index < -0.39 is 84.7 Å². The summed E-state index contributed by atoms with van der Waals surface area (Å²) in [5.41, 5.74) is 2.75. The van der Waals surface area contributed by atoms with Crippen molar-refractivity contribution in [1.82, 2.24) is 14.5 Å². The molecule has 6 aromatic carbocycles. The number of nitrogens with zero attached hydrogens (tertiary/aromatic N) is 3. The van der Waals surface area contributed by atoms with Gasteiger partial charge in [0.05, 0.1) is 22.1 Å². The minimum atomic E-state index is -3.84. The van der Waals surface area contributed by atoms with E-state index in [0.717, 1.165) is 27.8 Å². The molecule has 1 N–H and O–H groups in total. The second-order valence-electron chi connectivity index (χ2n) is 19.0. The van der Waals surface area contributed by atoms with Crippen molar-refractivity contribution in [3.63, 3.8) is 0 Å². The Labute approximate surface area is 439 Å². The van der Waals surface area contributed by atoms with Crippen molar-refractivity contribution in [1.29, 1.82) is 0 Å². The van der Waals surface area contributed by atoms with Crippen LogP contribution in [-0.2, 0) is 31.9 Å². The fourth-order valence-electron chi connectivity index (χ4n) is 8.37. The van der Waals surface area contributed by atoms with E-state index in [1.807, 2.05) is 126 Å². The van der Waals surface area contributed by atoms with Crippen LogP contribution in [0.4, 0.5) is 0 Å². The molecule has 0 aliphatic rings. The van der Waals surface area contributed by atoms with Gasteiger partial charge in [0.15, 0.2) is 0 Å². The first kappa shape index (κ1) is 31.5. The van der Waals surface area contributed by atoms with Crippen LogP contribution in [0, 0.1) is 6.07 Å². The molecule has 67 heavy (non-hydrogen) atoms. The van der Waals surface area contributed by atoms with Crippen LogP contribution in [-0.4, -0.2) is 19.6 Å². The first-order valence-corrected chi connectivity index (χ1v) is 22.1. The van der Waals surface area contributed by atoms with E-state index in [0.29, 0.717) is 50.4 Å². The molecular formula is C62H68N3OPt-. The van der Waals surface area contributed by atoms with Crippen molar-refractivity contribution in [3.05, 3.63) is 167 Å². The Balaban J connectivity index is 0.0000101. The van der Waals surface area contributed by atoms with Crippen LogP contribution >= 0.6 is 0 Å². The van der Waals surface area contributed by atoms with Crippen LogP contribution in [0.2, 0.25) is 0 Å². The standard InChI is InChI=1S/C62H68N3O.Pt/c1-37(2)44-34-53(40(7)8)59(66)54(35-44)60-64-58-52(19-16-20-56(58)65(60)49-27-23-42(24-28-49)57-50(38(3)4)17-15-18-51(57)39(5)6)45-31-46(33-48(32-45)62(12,13)14)55-36-43(29-30-63-55)41-21-25-47(26-22-41)61(9,10)11;/h15-30,32-40,66H,1-14H3;/q-1;/i9D3,10D3,11D3,21D,22D,25D,26D,37D,38D,39D,40D;. The zero-order valence-corrected chi connectivity index (χ0v) is 42.2. The average Bonchev–Trinajstić information content (AvgIpc) is 0.945. The monoisotopic (exact) mass is 1080 g/mol. The smallest absolute Gasteiger partial charge is 0.148 e. The molecule has 2 aromatic heterocycles. The van der Waals surface area contributed by atoms with Gasteiger partial charge in [0.25, 0.3) is 0 Å². The minimum absolute atomic E-state index is 0. The quantitative estimate of drug-likeness (QED) is 0.139. The molecule has 8 aromatic rings. The van der Waals surface area contributed by atoms with Crippen molar-refractivity contribution in [2.45, 2.75) is 131 Å². The molecule has 0 atom stereocenters. The van der Waals surface area contributed by atoms with Crippen LogP contribution in [0.25, 0.3) is 72.7 Å². The van der Waals surface area contributed by atoms with Gasteiger partial charge in [-0.2, -0.15) is 0 Å². The third-order valence-corrected chi connectivity index (χ3v) is 12.1. The molecule has 0 radical (unpaired) electrons. The van der Waals surface area contributed by atoms with E-state index in [1.54, 1.807) is 39.8 Å². The normalized spacial score (nSPS) is 17.1. The number of fused-ring (bicyclic) bond motifs is 1. The van der Waals surface area contributed by atoms with E-state index in [9.17, 15) is 5.11 Å². The summed E-state index contributed by atoms with van der Waals surface area (Å²) in [5.74, 6) is -4.36. The Kier molecular flexibility index (Phi) is 9.02. The molecule has 0 amide bonds. The number of para-hydroxylation sites is 1. The molecule has 348 valence electrons. The summed E-state index contributed by atoms with van der Waals surface area (Å²) < 4.78 is 149. The van der Waals surface area contributed by atoms with Crippen molar-refractivity contribution in [2.75, 3.05) is 0 Å². The van der Waals surface area contributed by atoms with Crippen molar-refractivity contribution < 1.29 is 49.5 Å². The maximum Gasteiger partial charge on any atom is 0.148 e. The van der Waals surface area contributed by atoms with Gasteiger partial charge < -0.3 is 5.11 Å². The first-order valence-electron chi connectivity index (χ1n) is 30.6. The summed E-state index contributed by atoms with van der Waals surface area (Å²) in [4.78, 5) is 10.1.